The van der Waals surface area contributed by atoms with Crippen LogP contribution in [0.15, 0.2) is 36.0 Å². The van der Waals surface area contributed by atoms with Gasteiger partial charge in [0.25, 0.3) is 0 Å². The first-order chi connectivity index (χ1) is 7.83. The van der Waals surface area contributed by atoms with E-state index < -0.39 is 0 Å². The van der Waals surface area contributed by atoms with Crippen LogP contribution in [0.2, 0.25) is 0 Å². The Morgan fingerprint density at radius 1 is 1.12 bits per heavy atom. The Morgan fingerprint density at radius 3 is 2.88 bits per heavy atom. The van der Waals surface area contributed by atoms with Crippen molar-refractivity contribution in [1.29, 1.82) is 0 Å². The maximum atomic E-state index is 12.9. The zero-order valence-corrected chi connectivity index (χ0v) is 8.91. The molecule has 0 saturated heterocycles. The molecule has 1 aromatic carbocycles. The molecule has 2 heterocycles. The third-order valence-corrected chi connectivity index (χ3v) is 2.74. The normalized spacial score (nSPS) is 10.8. The predicted octanol–water partition coefficient (Wildman–Crippen LogP) is 2.89. The number of nitrogens with zero attached hydrogens (tertiary/aromatic N) is 3. The van der Waals surface area contributed by atoms with E-state index in [0.717, 1.165) is 10.9 Å². The third-order valence-electron chi connectivity index (χ3n) is 2.27. The van der Waals surface area contributed by atoms with Gasteiger partial charge in [0.1, 0.15) is 11.3 Å². The molecule has 3 nitrogen and oxygen atoms in total. The summed E-state index contributed by atoms with van der Waals surface area (Å²) < 4.78 is 17.1. The Bertz CT molecular complexity index is 637. The third kappa shape index (κ3) is 1.55. The van der Waals surface area contributed by atoms with Gasteiger partial charge in [-0.2, -0.15) is 4.37 Å². The number of pyridine rings is 1. The molecule has 3 rings (SSSR count). The SMILES string of the molecule is Fc1ccc2cc(-c3ncsn3)cnc2c1. The van der Waals surface area contributed by atoms with E-state index in [2.05, 4.69) is 14.3 Å². The highest BCUT2D eigenvalue weighted by molar-refractivity contribution is 7.03. The van der Waals surface area contributed by atoms with Gasteiger partial charge in [0.05, 0.1) is 5.52 Å². The molecule has 0 aliphatic carbocycles. The van der Waals surface area contributed by atoms with Crippen molar-refractivity contribution >= 4 is 22.4 Å². The lowest BCUT2D eigenvalue weighted by Crippen LogP contribution is -1.85. The van der Waals surface area contributed by atoms with Crippen LogP contribution >= 0.6 is 11.5 Å². The maximum absolute atomic E-state index is 12.9. The Balaban J connectivity index is 2.20. The van der Waals surface area contributed by atoms with Crippen LogP contribution in [0.3, 0.4) is 0 Å². The van der Waals surface area contributed by atoms with Gasteiger partial charge in [-0.25, -0.2) is 9.37 Å². The number of hydrogen-bond donors (Lipinski definition) is 0. The molecule has 0 unspecified atom stereocenters. The summed E-state index contributed by atoms with van der Waals surface area (Å²) in [5.74, 6) is 0.378. The van der Waals surface area contributed by atoms with E-state index >= 15 is 0 Å². The van der Waals surface area contributed by atoms with Gasteiger partial charge in [0.2, 0.25) is 0 Å². The molecule has 16 heavy (non-hydrogen) atoms. The quantitative estimate of drug-likeness (QED) is 0.646. The van der Waals surface area contributed by atoms with E-state index in [1.165, 1.54) is 23.7 Å². The second-order valence-corrected chi connectivity index (χ2v) is 3.92. The lowest BCUT2D eigenvalue weighted by Gasteiger charge is -1.99. The van der Waals surface area contributed by atoms with Gasteiger partial charge in [-0.05, 0) is 29.7 Å². The van der Waals surface area contributed by atoms with Crippen molar-refractivity contribution < 1.29 is 4.39 Å². The van der Waals surface area contributed by atoms with Crippen molar-refractivity contribution in [1.82, 2.24) is 14.3 Å². The van der Waals surface area contributed by atoms with Gasteiger partial charge >= 0.3 is 0 Å². The number of rotatable bonds is 1. The average Bonchev–Trinajstić information content (AvgIpc) is 2.82. The Morgan fingerprint density at radius 2 is 2.06 bits per heavy atom. The van der Waals surface area contributed by atoms with E-state index in [0.29, 0.717) is 11.3 Å². The fourth-order valence-corrected chi connectivity index (χ4v) is 1.96. The Labute approximate surface area is 94.8 Å². The van der Waals surface area contributed by atoms with Gasteiger partial charge in [-0.1, -0.05) is 0 Å². The van der Waals surface area contributed by atoms with Gasteiger partial charge in [-0.15, -0.1) is 0 Å². The van der Waals surface area contributed by atoms with E-state index in [-0.39, 0.29) is 5.82 Å². The summed E-state index contributed by atoms with van der Waals surface area (Å²) in [7, 11) is 0. The van der Waals surface area contributed by atoms with Crippen molar-refractivity contribution in [3.63, 3.8) is 0 Å². The molecule has 0 aliphatic rings. The minimum atomic E-state index is -0.278. The molecule has 0 spiro atoms. The van der Waals surface area contributed by atoms with Crippen LogP contribution < -0.4 is 0 Å². The summed E-state index contributed by atoms with van der Waals surface area (Å²) in [4.78, 5) is 8.29. The van der Waals surface area contributed by atoms with Crippen LogP contribution in [-0.2, 0) is 0 Å². The molecule has 0 amide bonds. The zero-order chi connectivity index (χ0) is 11.0. The molecule has 0 saturated carbocycles. The molecule has 0 radical (unpaired) electrons. The topological polar surface area (TPSA) is 38.7 Å². The fraction of sp³-hybridized carbons (Fsp3) is 0. The maximum Gasteiger partial charge on any atom is 0.174 e. The first-order valence-electron chi connectivity index (χ1n) is 4.65. The van der Waals surface area contributed by atoms with Crippen LogP contribution in [0.4, 0.5) is 4.39 Å². The highest BCUT2D eigenvalue weighted by Gasteiger charge is 2.04. The zero-order valence-electron chi connectivity index (χ0n) is 8.09. The summed E-state index contributed by atoms with van der Waals surface area (Å²) in [6, 6.07) is 6.44. The molecule has 0 fully saturated rings. The Kier molecular flexibility index (Phi) is 2.11. The van der Waals surface area contributed by atoms with Crippen LogP contribution in [0.1, 0.15) is 0 Å². The van der Waals surface area contributed by atoms with Crippen molar-refractivity contribution in [3.8, 4) is 11.4 Å². The molecule has 0 bridgehead atoms. The van der Waals surface area contributed by atoms with Crippen LogP contribution in [0.25, 0.3) is 22.3 Å². The molecule has 0 N–H and O–H groups in total. The second-order valence-electron chi connectivity index (χ2n) is 3.32. The average molecular weight is 231 g/mol. The smallest absolute Gasteiger partial charge is 0.174 e. The molecule has 0 atom stereocenters. The molecular formula is C11H6FN3S. The summed E-state index contributed by atoms with van der Waals surface area (Å²) in [5, 5.41) is 0.883. The number of hydrogen-bond acceptors (Lipinski definition) is 4. The molecule has 78 valence electrons. The van der Waals surface area contributed by atoms with E-state index in [1.807, 2.05) is 6.07 Å². The highest BCUT2D eigenvalue weighted by atomic mass is 32.1. The first-order valence-corrected chi connectivity index (χ1v) is 5.49. The molecule has 0 aliphatic heterocycles. The molecule has 2 aromatic heterocycles. The minimum Gasteiger partial charge on any atom is -0.255 e. The summed E-state index contributed by atoms with van der Waals surface area (Å²) in [6.07, 6.45) is 1.66. The van der Waals surface area contributed by atoms with Crippen LogP contribution in [-0.4, -0.2) is 14.3 Å². The van der Waals surface area contributed by atoms with Gasteiger partial charge in [-0.3, -0.25) is 4.98 Å². The predicted molar refractivity (Wildman–Crippen MR) is 60.6 cm³/mol. The van der Waals surface area contributed by atoms with E-state index in [9.17, 15) is 4.39 Å². The van der Waals surface area contributed by atoms with Crippen LogP contribution in [0.5, 0.6) is 0 Å². The largest absolute Gasteiger partial charge is 0.255 e. The van der Waals surface area contributed by atoms with Crippen LogP contribution in [0, 0.1) is 5.82 Å². The van der Waals surface area contributed by atoms with Gasteiger partial charge in [0.15, 0.2) is 5.82 Å². The summed E-state index contributed by atoms with van der Waals surface area (Å²) >= 11 is 1.29. The van der Waals surface area contributed by atoms with Gasteiger partial charge < -0.3 is 0 Å². The van der Waals surface area contributed by atoms with Crippen molar-refractivity contribution in [2.75, 3.05) is 0 Å². The number of aromatic nitrogens is 3. The van der Waals surface area contributed by atoms with E-state index in [1.54, 1.807) is 17.8 Å². The Hall–Kier alpha value is -1.88. The van der Waals surface area contributed by atoms with E-state index in [4.69, 9.17) is 0 Å². The van der Waals surface area contributed by atoms with Gasteiger partial charge in [0, 0.05) is 23.2 Å². The molecule has 3 aromatic rings. The molecular weight excluding hydrogens is 225 g/mol. The second kappa shape index (κ2) is 3.61. The van der Waals surface area contributed by atoms with Crippen molar-refractivity contribution in [3.05, 3.63) is 41.8 Å². The monoisotopic (exact) mass is 231 g/mol. The lowest BCUT2D eigenvalue weighted by atomic mass is 10.1. The van der Waals surface area contributed by atoms with Crippen molar-refractivity contribution in [2.24, 2.45) is 0 Å². The highest BCUT2D eigenvalue weighted by Crippen LogP contribution is 2.20. The molecule has 5 heteroatoms. The minimum absolute atomic E-state index is 0.278. The summed E-state index contributed by atoms with van der Waals surface area (Å²) in [5.41, 5.74) is 3.16. The standard InChI is InChI=1S/C11H6FN3S/c12-9-2-1-7-3-8(5-13-10(7)4-9)11-14-6-16-15-11/h1-6H. The summed E-state index contributed by atoms with van der Waals surface area (Å²) in [6.45, 7) is 0. The first kappa shape index (κ1) is 9.35. The van der Waals surface area contributed by atoms with Crippen molar-refractivity contribution in [2.45, 2.75) is 0 Å². The number of fused-ring (bicyclic) bond motifs is 1. The number of benzene rings is 1. The lowest BCUT2D eigenvalue weighted by molar-refractivity contribution is 0.629. The number of halogens is 1. The fourth-order valence-electron chi connectivity index (χ4n) is 1.51.